The number of hydrogen-bond acceptors (Lipinski definition) is 5. The standard InChI is InChI=1S/C15H18N4O2/c1-9(2)4-5-17-14(20)11-10(3)21-15-12(11)13-16-6-7-19(13)8-18-15/h8H,1,4-7H2,2-3H3,(H,17,20). The van der Waals surface area contributed by atoms with Crippen molar-refractivity contribution in [2.24, 2.45) is 9.98 Å². The number of hydrogen-bond donors (Lipinski definition) is 1. The van der Waals surface area contributed by atoms with Crippen LogP contribution in [0.4, 0.5) is 5.88 Å². The third-order valence-electron chi connectivity index (χ3n) is 3.54. The Kier molecular flexibility index (Phi) is 3.37. The molecule has 0 atom stereocenters. The van der Waals surface area contributed by atoms with Crippen LogP contribution in [0.15, 0.2) is 26.6 Å². The van der Waals surface area contributed by atoms with E-state index in [0.29, 0.717) is 35.9 Å². The molecule has 110 valence electrons. The van der Waals surface area contributed by atoms with Gasteiger partial charge in [-0.05, 0) is 20.3 Å². The second-order valence-corrected chi connectivity index (χ2v) is 5.32. The smallest absolute Gasteiger partial charge is 0.255 e. The molecular formula is C15H18N4O2. The summed E-state index contributed by atoms with van der Waals surface area (Å²) in [6.07, 6.45) is 2.47. The summed E-state index contributed by atoms with van der Waals surface area (Å²) in [4.78, 5) is 23.1. The Labute approximate surface area is 123 Å². The molecule has 0 radical (unpaired) electrons. The van der Waals surface area contributed by atoms with E-state index in [1.807, 2.05) is 11.8 Å². The molecule has 0 aliphatic carbocycles. The molecule has 0 fully saturated rings. The summed E-state index contributed by atoms with van der Waals surface area (Å²) in [6, 6.07) is 0. The highest BCUT2D eigenvalue weighted by atomic mass is 16.4. The van der Waals surface area contributed by atoms with E-state index in [1.165, 1.54) is 0 Å². The number of aryl methyl sites for hydroxylation is 1. The van der Waals surface area contributed by atoms with Crippen molar-refractivity contribution in [1.29, 1.82) is 0 Å². The van der Waals surface area contributed by atoms with E-state index in [2.05, 4.69) is 21.9 Å². The highest BCUT2D eigenvalue weighted by molar-refractivity contribution is 6.17. The summed E-state index contributed by atoms with van der Waals surface area (Å²) in [5.41, 5.74) is 2.28. The minimum absolute atomic E-state index is 0.148. The molecule has 1 N–H and O–H groups in total. The van der Waals surface area contributed by atoms with Gasteiger partial charge in [-0.1, -0.05) is 5.57 Å². The van der Waals surface area contributed by atoms with Crippen molar-refractivity contribution in [2.45, 2.75) is 20.3 Å². The van der Waals surface area contributed by atoms with Gasteiger partial charge in [-0.3, -0.25) is 9.79 Å². The molecule has 6 heteroatoms. The summed E-state index contributed by atoms with van der Waals surface area (Å²) in [6.45, 7) is 9.62. The molecule has 1 amide bonds. The number of fused-ring (bicyclic) bond motifs is 3. The van der Waals surface area contributed by atoms with Crippen LogP contribution in [-0.4, -0.2) is 42.6 Å². The molecule has 21 heavy (non-hydrogen) atoms. The molecule has 0 bridgehead atoms. The minimum Gasteiger partial charge on any atom is -0.442 e. The summed E-state index contributed by atoms with van der Waals surface area (Å²) < 4.78 is 5.61. The minimum atomic E-state index is -0.148. The van der Waals surface area contributed by atoms with Crippen LogP contribution in [0, 0.1) is 6.92 Å². The summed E-state index contributed by atoms with van der Waals surface area (Å²) in [7, 11) is 0. The molecule has 0 saturated carbocycles. The summed E-state index contributed by atoms with van der Waals surface area (Å²) in [5.74, 6) is 1.67. The third-order valence-corrected chi connectivity index (χ3v) is 3.54. The molecule has 0 aromatic carbocycles. The van der Waals surface area contributed by atoms with Crippen molar-refractivity contribution in [3.63, 3.8) is 0 Å². The van der Waals surface area contributed by atoms with Crippen molar-refractivity contribution in [2.75, 3.05) is 19.6 Å². The first-order valence-corrected chi connectivity index (χ1v) is 6.99. The number of amidine groups is 1. The Morgan fingerprint density at radius 1 is 1.57 bits per heavy atom. The van der Waals surface area contributed by atoms with Gasteiger partial charge in [-0.15, -0.1) is 6.58 Å². The maximum atomic E-state index is 12.4. The van der Waals surface area contributed by atoms with Crippen LogP contribution in [0.5, 0.6) is 0 Å². The number of rotatable bonds is 4. The second kappa shape index (κ2) is 5.20. The molecule has 6 nitrogen and oxygen atoms in total. The molecule has 2 aliphatic heterocycles. The van der Waals surface area contributed by atoms with Gasteiger partial charge in [0.1, 0.15) is 17.9 Å². The van der Waals surface area contributed by atoms with Crippen LogP contribution in [0.2, 0.25) is 0 Å². The lowest BCUT2D eigenvalue weighted by molar-refractivity contribution is 0.0952. The van der Waals surface area contributed by atoms with Crippen molar-refractivity contribution in [1.82, 2.24) is 10.2 Å². The monoisotopic (exact) mass is 286 g/mol. The van der Waals surface area contributed by atoms with E-state index in [9.17, 15) is 4.79 Å². The lowest BCUT2D eigenvalue weighted by atomic mass is 10.1. The normalized spacial score (nSPS) is 15.5. The largest absolute Gasteiger partial charge is 0.442 e. The molecule has 0 spiro atoms. The number of nitrogens with one attached hydrogen (secondary N) is 1. The fourth-order valence-corrected chi connectivity index (χ4v) is 2.50. The van der Waals surface area contributed by atoms with Gasteiger partial charge < -0.3 is 14.6 Å². The van der Waals surface area contributed by atoms with E-state index in [4.69, 9.17) is 4.42 Å². The van der Waals surface area contributed by atoms with Crippen molar-refractivity contribution < 1.29 is 9.21 Å². The van der Waals surface area contributed by atoms with E-state index < -0.39 is 0 Å². The SMILES string of the molecule is C=C(C)CCNC(=O)c1c(C)oc2c1C1=NCCN1C=N2. The average Bonchev–Trinajstić information content (AvgIpc) is 3.00. The van der Waals surface area contributed by atoms with Crippen LogP contribution in [-0.2, 0) is 0 Å². The summed E-state index contributed by atoms with van der Waals surface area (Å²) >= 11 is 0. The Bertz CT molecular complexity index is 669. The fraction of sp³-hybridized carbons (Fsp3) is 0.400. The first kappa shape index (κ1) is 13.6. The Balaban J connectivity index is 1.90. The Morgan fingerprint density at radius 3 is 3.14 bits per heavy atom. The number of aliphatic imine (C=N–C) groups is 2. The van der Waals surface area contributed by atoms with Gasteiger partial charge in [-0.25, -0.2) is 4.99 Å². The lowest BCUT2D eigenvalue weighted by Gasteiger charge is -2.18. The number of furan rings is 1. The Hall–Kier alpha value is -2.37. The van der Waals surface area contributed by atoms with Gasteiger partial charge in [0.15, 0.2) is 0 Å². The second-order valence-electron chi connectivity index (χ2n) is 5.32. The molecule has 0 unspecified atom stereocenters. The molecule has 0 saturated heterocycles. The zero-order valence-corrected chi connectivity index (χ0v) is 12.3. The van der Waals surface area contributed by atoms with Crippen LogP contribution in [0.1, 0.15) is 35.0 Å². The lowest BCUT2D eigenvalue weighted by Crippen LogP contribution is -2.32. The number of carbonyl (C=O) groups excluding carboxylic acids is 1. The summed E-state index contributed by atoms with van der Waals surface area (Å²) in [5, 5.41) is 2.90. The number of nitrogens with zero attached hydrogens (tertiary/aromatic N) is 3. The zero-order chi connectivity index (χ0) is 15.0. The maximum Gasteiger partial charge on any atom is 0.255 e. The van der Waals surface area contributed by atoms with E-state index >= 15 is 0 Å². The molecular weight excluding hydrogens is 268 g/mol. The highest BCUT2D eigenvalue weighted by Gasteiger charge is 2.33. The topological polar surface area (TPSA) is 70.2 Å². The quantitative estimate of drug-likeness (QED) is 0.861. The maximum absolute atomic E-state index is 12.4. The molecule has 3 rings (SSSR count). The zero-order valence-electron chi connectivity index (χ0n) is 12.3. The highest BCUT2D eigenvalue weighted by Crippen LogP contribution is 2.34. The van der Waals surface area contributed by atoms with Gasteiger partial charge in [0.25, 0.3) is 5.91 Å². The van der Waals surface area contributed by atoms with Crippen LogP contribution in [0.3, 0.4) is 0 Å². The Morgan fingerprint density at radius 2 is 2.38 bits per heavy atom. The van der Waals surface area contributed by atoms with Crippen molar-refractivity contribution in [3.8, 4) is 0 Å². The van der Waals surface area contributed by atoms with Gasteiger partial charge in [0, 0.05) is 13.1 Å². The van der Waals surface area contributed by atoms with Gasteiger partial charge in [0.05, 0.1) is 17.7 Å². The van der Waals surface area contributed by atoms with Gasteiger partial charge in [0.2, 0.25) is 5.88 Å². The number of amides is 1. The van der Waals surface area contributed by atoms with E-state index in [1.54, 1.807) is 13.3 Å². The predicted octanol–water partition coefficient (Wildman–Crippen LogP) is 2.02. The van der Waals surface area contributed by atoms with E-state index in [0.717, 1.165) is 24.4 Å². The van der Waals surface area contributed by atoms with Gasteiger partial charge >= 0.3 is 0 Å². The third kappa shape index (κ3) is 2.37. The predicted molar refractivity (Wildman–Crippen MR) is 81.5 cm³/mol. The fourth-order valence-electron chi connectivity index (χ4n) is 2.50. The molecule has 1 aromatic rings. The molecule has 3 heterocycles. The van der Waals surface area contributed by atoms with Crippen LogP contribution >= 0.6 is 0 Å². The van der Waals surface area contributed by atoms with Crippen LogP contribution in [0.25, 0.3) is 0 Å². The van der Waals surface area contributed by atoms with E-state index in [-0.39, 0.29) is 5.91 Å². The first-order valence-electron chi connectivity index (χ1n) is 6.99. The van der Waals surface area contributed by atoms with Crippen molar-refractivity contribution in [3.05, 3.63) is 29.0 Å². The molecule has 2 aliphatic rings. The number of carbonyl (C=O) groups is 1. The first-order chi connectivity index (χ1) is 10.1. The van der Waals surface area contributed by atoms with Gasteiger partial charge in [-0.2, -0.15) is 0 Å². The molecule has 1 aromatic heterocycles. The van der Waals surface area contributed by atoms with Crippen molar-refractivity contribution >= 4 is 24.0 Å². The average molecular weight is 286 g/mol. The van der Waals surface area contributed by atoms with Crippen LogP contribution < -0.4 is 5.32 Å².